The van der Waals surface area contributed by atoms with E-state index in [-0.39, 0.29) is 5.91 Å². The van der Waals surface area contributed by atoms with Gasteiger partial charge in [0, 0.05) is 56.1 Å². The van der Waals surface area contributed by atoms with Crippen LogP contribution < -0.4 is 4.90 Å². The van der Waals surface area contributed by atoms with Gasteiger partial charge in [-0.3, -0.25) is 4.79 Å². The quantitative estimate of drug-likeness (QED) is 0.684. The van der Waals surface area contributed by atoms with Crippen molar-refractivity contribution in [2.45, 2.75) is 26.2 Å². The lowest BCUT2D eigenvalue weighted by atomic mass is 10.2. The average molecular weight is 408 g/mol. The third-order valence-corrected chi connectivity index (χ3v) is 4.82. The van der Waals surface area contributed by atoms with E-state index in [1.54, 1.807) is 6.20 Å². The van der Waals surface area contributed by atoms with E-state index < -0.39 is 0 Å². The fourth-order valence-corrected chi connectivity index (χ4v) is 3.06. The molecule has 3 rings (SSSR count). The largest absolute Gasteiger partial charge is 0.353 e. The van der Waals surface area contributed by atoms with Crippen molar-refractivity contribution in [1.29, 1.82) is 0 Å². The SMILES string of the molecule is CCc1nc(-c2ccc(N3CCN(C(=O)CCCBr)CC3)nc2)no1. The second-order valence-electron chi connectivity index (χ2n) is 5.93. The van der Waals surface area contributed by atoms with E-state index >= 15 is 0 Å². The van der Waals surface area contributed by atoms with Crippen molar-refractivity contribution in [2.75, 3.05) is 36.4 Å². The number of amides is 1. The van der Waals surface area contributed by atoms with E-state index in [4.69, 9.17) is 4.52 Å². The van der Waals surface area contributed by atoms with Gasteiger partial charge in [0.2, 0.25) is 17.6 Å². The van der Waals surface area contributed by atoms with Crippen LogP contribution in [0.25, 0.3) is 11.4 Å². The Hall–Kier alpha value is -1.96. The molecule has 0 aromatic carbocycles. The summed E-state index contributed by atoms with van der Waals surface area (Å²) >= 11 is 3.37. The maximum atomic E-state index is 12.1. The van der Waals surface area contributed by atoms with Gasteiger partial charge in [-0.05, 0) is 18.6 Å². The number of carbonyl (C=O) groups excluding carboxylic acids is 1. The van der Waals surface area contributed by atoms with Crippen LogP contribution in [0.4, 0.5) is 5.82 Å². The highest BCUT2D eigenvalue weighted by atomic mass is 79.9. The zero-order chi connectivity index (χ0) is 17.6. The van der Waals surface area contributed by atoms with Gasteiger partial charge in [0.05, 0.1) is 0 Å². The van der Waals surface area contributed by atoms with E-state index in [1.807, 2.05) is 24.0 Å². The zero-order valence-electron chi connectivity index (χ0n) is 14.3. The molecular formula is C17H22BrN5O2. The molecule has 2 aromatic rings. The maximum Gasteiger partial charge on any atom is 0.226 e. The molecule has 0 spiro atoms. The smallest absolute Gasteiger partial charge is 0.226 e. The molecule has 1 fully saturated rings. The van der Waals surface area contributed by atoms with Crippen molar-refractivity contribution in [3.05, 3.63) is 24.2 Å². The van der Waals surface area contributed by atoms with Crippen LogP contribution in [-0.4, -0.2) is 57.4 Å². The number of halogens is 1. The molecule has 3 heterocycles. The highest BCUT2D eigenvalue weighted by Gasteiger charge is 2.21. The molecule has 1 amide bonds. The number of hydrogen-bond acceptors (Lipinski definition) is 6. The van der Waals surface area contributed by atoms with Gasteiger partial charge in [0.1, 0.15) is 5.82 Å². The predicted molar refractivity (Wildman–Crippen MR) is 98.7 cm³/mol. The summed E-state index contributed by atoms with van der Waals surface area (Å²) < 4.78 is 5.14. The van der Waals surface area contributed by atoms with Crippen molar-refractivity contribution in [1.82, 2.24) is 20.0 Å². The number of nitrogens with zero attached hydrogens (tertiary/aromatic N) is 5. The number of pyridine rings is 1. The van der Waals surface area contributed by atoms with Crippen molar-refractivity contribution in [2.24, 2.45) is 0 Å². The molecule has 0 atom stereocenters. The van der Waals surface area contributed by atoms with E-state index in [0.29, 0.717) is 18.1 Å². The van der Waals surface area contributed by atoms with Gasteiger partial charge in [0.25, 0.3) is 0 Å². The Balaban J connectivity index is 1.57. The third-order valence-electron chi connectivity index (χ3n) is 4.26. The van der Waals surface area contributed by atoms with E-state index in [2.05, 4.69) is 36.0 Å². The number of carbonyl (C=O) groups is 1. The molecule has 0 aliphatic carbocycles. The Labute approximate surface area is 155 Å². The van der Waals surface area contributed by atoms with Crippen molar-refractivity contribution in [3.8, 4) is 11.4 Å². The standard InChI is InChI=1S/C17H22BrN5O2/c1-2-15-20-17(21-25-15)13-5-6-14(19-12-13)22-8-10-23(11-9-22)16(24)4-3-7-18/h5-6,12H,2-4,7-11H2,1H3. The van der Waals surface area contributed by atoms with Crippen molar-refractivity contribution >= 4 is 27.7 Å². The van der Waals surface area contributed by atoms with Gasteiger partial charge in [-0.1, -0.05) is 28.0 Å². The number of rotatable bonds is 6. The highest BCUT2D eigenvalue weighted by Crippen LogP contribution is 2.20. The lowest BCUT2D eigenvalue weighted by Gasteiger charge is -2.35. The topological polar surface area (TPSA) is 75.4 Å². The van der Waals surface area contributed by atoms with Crippen LogP contribution in [0.1, 0.15) is 25.7 Å². The summed E-state index contributed by atoms with van der Waals surface area (Å²) in [5.74, 6) is 2.35. The second-order valence-corrected chi connectivity index (χ2v) is 6.72. The lowest BCUT2D eigenvalue weighted by Crippen LogP contribution is -2.49. The summed E-state index contributed by atoms with van der Waals surface area (Å²) in [6, 6.07) is 3.93. The van der Waals surface area contributed by atoms with Gasteiger partial charge in [0.15, 0.2) is 0 Å². The Morgan fingerprint density at radius 3 is 2.68 bits per heavy atom. The molecule has 0 bridgehead atoms. The van der Waals surface area contributed by atoms with Crippen LogP contribution in [0.15, 0.2) is 22.9 Å². The molecule has 2 aromatic heterocycles. The molecule has 0 radical (unpaired) electrons. The van der Waals surface area contributed by atoms with Crippen molar-refractivity contribution in [3.63, 3.8) is 0 Å². The maximum absolute atomic E-state index is 12.1. The van der Waals surface area contributed by atoms with Crippen LogP contribution in [0, 0.1) is 0 Å². The number of piperazine rings is 1. The minimum atomic E-state index is 0.242. The molecule has 0 unspecified atom stereocenters. The number of alkyl halides is 1. The first-order valence-electron chi connectivity index (χ1n) is 8.59. The van der Waals surface area contributed by atoms with Crippen LogP contribution in [0.3, 0.4) is 0 Å². The van der Waals surface area contributed by atoms with Crippen molar-refractivity contribution < 1.29 is 9.32 Å². The van der Waals surface area contributed by atoms with Gasteiger partial charge in [-0.15, -0.1) is 0 Å². The highest BCUT2D eigenvalue weighted by molar-refractivity contribution is 9.09. The summed E-state index contributed by atoms with van der Waals surface area (Å²) in [7, 11) is 0. The van der Waals surface area contributed by atoms with Gasteiger partial charge < -0.3 is 14.3 Å². The molecule has 7 nitrogen and oxygen atoms in total. The summed E-state index contributed by atoms with van der Waals surface area (Å²) in [6.07, 6.45) is 3.99. The second kappa shape index (κ2) is 8.42. The molecule has 25 heavy (non-hydrogen) atoms. The Kier molecular flexibility index (Phi) is 6.01. The fraction of sp³-hybridized carbons (Fsp3) is 0.529. The summed E-state index contributed by atoms with van der Waals surface area (Å²) in [5, 5.41) is 4.84. The molecule has 8 heteroatoms. The normalized spacial score (nSPS) is 14.8. The summed E-state index contributed by atoms with van der Waals surface area (Å²) in [6.45, 7) is 5.07. The number of anilines is 1. The number of hydrogen-bond donors (Lipinski definition) is 0. The van der Waals surface area contributed by atoms with E-state index in [0.717, 1.165) is 55.7 Å². The van der Waals surface area contributed by atoms with Gasteiger partial charge in [-0.2, -0.15) is 4.98 Å². The molecule has 0 saturated carbocycles. The molecule has 1 aliphatic heterocycles. The van der Waals surface area contributed by atoms with Crippen LogP contribution >= 0.6 is 15.9 Å². The Morgan fingerprint density at radius 1 is 1.28 bits per heavy atom. The first kappa shape index (κ1) is 17.8. The monoisotopic (exact) mass is 407 g/mol. The molecule has 1 aliphatic rings. The number of aryl methyl sites for hydroxylation is 1. The first-order valence-corrected chi connectivity index (χ1v) is 9.71. The minimum absolute atomic E-state index is 0.242. The molecule has 0 N–H and O–H groups in total. The van der Waals surface area contributed by atoms with Crippen LogP contribution in [-0.2, 0) is 11.2 Å². The van der Waals surface area contributed by atoms with E-state index in [1.165, 1.54) is 0 Å². The predicted octanol–water partition coefficient (Wildman–Crippen LogP) is 2.52. The molecular weight excluding hydrogens is 386 g/mol. The first-order chi connectivity index (χ1) is 12.2. The summed E-state index contributed by atoms with van der Waals surface area (Å²) in [4.78, 5) is 25.1. The van der Waals surface area contributed by atoms with Crippen LogP contribution in [0.5, 0.6) is 0 Å². The van der Waals surface area contributed by atoms with Gasteiger partial charge >= 0.3 is 0 Å². The minimum Gasteiger partial charge on any atom is -0.353 e. The van der Waals surface area contributed by atoms with Gasteiger partial charge in [-0.25, -0.2) is 4.98 Å². The molecule has 1 saturated heterocycles. The summed E-state index contributed by atoms with van der Waals surface area (Å²) in [5.41, 5.74) is 0.843. The third kappa shape index (κ3) is 4.36. The fourth-order valence-electron chi connectivity index (χ4n) is 2.78. The number of aromatic nitrogens is 3. The van der Waals surface area contributed by atoms with Crippen LogP contribution in [0.2, 0.25) is 0 Å². The molecule has 134 valence electrons. The lowest BCUT2D eigenvalue weighted by molar-refractivity contribution is -0.131. The average Bonchev–Trinajstić information content (AvgIpc) is 3.15. The Morgan fingerprint density at radius 2 is 2.08 bits per heavy atom. The zero-order valence-corrected chi connectivity index (χ0v) is 15.9. The Bertz CT molecular complexity index is 695. The van der Waals surface area contributed by atoms with E-state index in [9.17, 15) is 4.79 Å².